The van der Waals surface area contributed by atoms with Crippen LogP contribution in [0.2, 0.25) is 0 Å². The van der Waals surface area contributed by atoms with E-state index in [2.05, 4.69) is 58.1 Å². The lowest BCUT2D eigenvalue weighted by Gasteiger charge is -2.38. The molecule has 11 nitrogen and oxygen atoms in total. The number of benzene rings is 1. The lowest BCUT2D eigenvalue weighted by molar-refractivity contribution is 0.0240. The maximum Gasteiger partial charge on any atom is 0.410 e. The first-order chi connectivity index (χ1) is 20.9. The van der Waals surface area contributed by atoms with E-state index < -0.39 is 11.0 Å². The van der Waals surface area contributed by atoms with Gasteiger partial charge >= 0.3 is 6.09 Å². The third kappa shape index (κ3) is 5.83. The number of thiophene rings is 1. The highest BCUT2D eigenvalue weighted by Crippen LogP contribution is 2.48. The molecule has 1 unspecified atom stereocenters. The summed E-state index contributed by atoms with van der Waals surface area (Å²) in [6.45, 7) is 14.2. The normalized spacial score (nSPS) is 21.2. The van der Waals surface area contributed by atoms with Gasteiger partial charge in [-0.3, -0.25) is 0 Å². The minimum absolute atomic E-state index is 0.269. The number of aromatic nitrogens is 2. The van der Waals surface area contributed by atoms with E-state index in [0.717, 1.165) is 72.8 Å². The largest absolute Gasteiger partial charge is 0.444 e. The van der Waals surface area contributed by atoms with E-state index in [9.17, 15) is 10.1 Å². The van der Waals surface area contributed by atoms with Gasteiger partial charge in [0.2, 0.25) is 11.7 Å². The van der Waals surface area contributed by atoms with Crippen LogP contribution in [-0.4, -0.2) is 91.0 Å². The molecular formula is C32H42N8O3S. The third-order valence-corrected chi connectivity index (χ3v) is 10.1. The van der Waals surface area contributed by atoms with Gasteiger partial charge in [0.25, 0.3) is 0 Å². The fourth-order valence-corrected chi connectivity index (χ4v) is 7.69. The fraction of sp³-hybridized carbons (Fsp3) is 0.562. The standard InChI is InChI=1S/C32H42N8O3S/c1-31(2,3)42-30(41)40-15-13-39(14-16-40)23-18-21(17-22(19-23)38-11-9-37(5)10-12-38)28-35-29(43-36-28)32(4)8-6-7-25-26(32)24(20-33)27(34)44-25/h17-19H,6-16,34H2,1-5H3. The molecule has 2 saturated heterocycles. The second-order valence-corrected chi connectivity index (χ2v) is 14.5. The number of amides is 1. The number of hydrogen-bond donors (Lipinski definition) is 1. The Kier molecular flexibility index (Phi) is 7.96. The second-order valence-electron chi connectivity index (χ2n) is 13.3. The predicted molar refractivity (Wildman–Crippen MR) is 172 cm³/mol. The van der Waals surface area contributed by atoms with Crippen molar-refractivity contribution in [1.82, 2.24) is 19.9 Å². The van der Waals surface area contributed by atoms with Crippen molar-refractivity contribution in [3.05, 3.63) is 40.1 Å². The molecule has 1 amide bonds. The maximum absolute atomic E-state index is 12.7. The minimum atomic E-state index is -0.575. The number of likely N-dealkylation sites (N-methyl/N-ethyl adjacent to an activating group) is 1. The Morgan fingerprint density at radius 2 is 1.70 bits per heavy atom. The zero-order valence-electron chi connectivity index (χ0n) is 26.4. The van der Waals surface area contributed by atoms with Crippen molar-refractivity contribution in [2.45, 2.75) is 58.0 Å². The van der Waals surface area contributed by atoms with Gasteiger partial charge in [-0.05, 0) is 72.2 Å². The molecule has 2 aromatic heterocycles. The van der Waals surface area contributed by atoms with Crippen molar-refractivity contribution in [2.24, 2.45) is 0 Å². The van der Waals surface area contributed by atoms with Crippen LogP contribution in [0.5, 0.6) is 0 Å². The molecule has 1 atom stereocenters. The van der Waals surface area contributed by atoms with E-state index >= 15 is 0 Å². The number of nitriles is 1. The Bertz CT molecular complexity index is 1570. The summed E-state index contributed by atoms with van der Waals surface area (Å²) < 4.78 is 11.6. The van der Waals surface area contributed by atoms with Crippen molar-refractivity contribution < 1.29 is 14.1 Å². The van der Waals surface area contributed by atoms with Crippen LogP contribution in [-0.2, 0) is 16.6 Å². The number of fused-ring (bicyclic) bond motifs is 1. The van der Waals surface area contributed by atoms with Gasteiger partial charge < -0.3 is 34.6 Å². The highest BCUT2D eigenvalue weighted by atomic mass is 32.1. The monoisotopic (exact) mass is 618 g/mol. The van der Waals surface area contributed by atoms with Crippen LogP contribution >= 0.6 is 11.3 Å². The highest BCUT2D eigenvalue weighted by Gasteiger charge is 2.43. The zero-order chi connectivity index (χ0) is 31.2. The van der Waals surface area contributed by atoms with E-state index in [1.807, 2.05) is 20.8 Å². The molecule has 0 bridgehead atoms. The second kappa shape index (κ2) is 11.6. The number of ether oxygens (including phenoxy) is 1. The summed E-state index contributed by atoms with van der Waals surface area (Å²) in [7, 11) is 2.15. The number of carbonyl (C=O) groups is 1. The molecule has 44 heavy (non-hydrogen) atoms. The molecule has 1 aromatic carbocycles. The van der Waals surface area contributed by atoms with Gasteiger partial charge in [-0.2, -0.15) is 10.2 Å². The molecule has 6 rings (SSSR count). The minimum Gasteiger partial charge on any atom is -0.444 e. The number of nitrogens with two attached hydrogens (primary N) is 1. The summed E-state index contributed by atoms with van der Waals surface area (Å²) in [5.74, 6) is 1.04. The molecule has 3 aliphatic rings. The van der Waals surface area contributed by atoms with E-state index in [1.54, 1.807) is 4.90 Å². The maximum atomic E-state index is 12.7. The Hall–Kier alpha value is -3.82. The smallest absolute Gasteiger partial charge is 0.410 e. The van der Waals surface area contributed by atoms with Gasteiger partial charge in [-0.1, -0.05) is 5.16 Å². The number of piperazine rings is 2. The fourth-order valence-electron chi connectivity index (χ4n) is 6.50. The lowest BCUT2D eigenvalue weighted by atomic mass is 9.72. The molecular weight excluding hydrogens is 576 g/mol. The summed E-state index contributed by atoms with van der Waals surface area (Å²) in [6.07, 6.45) is 2.40. The van der Waals surface area contributed by atoms with Crippen LogP contribution in [0.25, 0.3) is 11.4 Å². The number of nitrogen functional groups attached to an aromatic ring is 1. The van der Waals surface area contributed by atoms with Gasteiger partial charge in [-0.15, -0.1) is 11.3 Å². The summed E-state index contributed by atoms with van der Waals surface area (Å²) in [4.78, 5) is 27.6. The number of anilines is 3. The van der Waals surface area contributed by atoms with E-state index in [1.165, 1.54) is 11.3 Å². The Morgan fingerprint density at radius 1 is 1.07 bits per heavy atom. The van der Waals surface area contributed by atoms with Crippen LogP contribution in [0, 0.1) is 11.3 Å². The molecule has 12 heteroatoms. The Labute approximate surface area is 263 Å². The quantitative estimate of drug-likeness (QED) is 0.439. The molecule has 3 aromatic rings. The number of rotatable bonds is 4. The van der Waals surface area contributed by atoms with Crippen LogP contribution < -0.4 is 15.5 Å². The first-order valence-corrected chi connectivity index (χ1v) is 16.2. The van der Waals surface area contributed by atoms with Crippen molar-refractivity contribution in [3.63, 3.8) is 0 Å². The van der Waals surface area contributed by atoms with Gasteiger partial charge in [0.1, 0.15) is 16.7 Å². The predicted octanol–water partition coefficient (Wildman–Crippen LogP) is 4.70. The summed E-state index contributed by atoms with van der Waals surface area (Å²) >= 11 is 1.50. The molecule has 2 aliphatic heterocycles. The average molecular weight is 619 g/mol. The average Bonchev–Trinajstić information content (AvgIpc) is 3.62. The summed E-state index contributed by atoms with van der Waals surface area (Å²) in [6, 6.07) is 8.84. The molecule has 2 N–H and O–H groups in total. The number of aryl methyl sites for hydroxylation is 1. The van der Waals surface area contributed by atoms with Crippen LogP contribution in [0.1, 0.15) is 62.4 Å². The Balaban J connectivity index is 1.31. The first kappa shape index (κ1) is 30.2. The van der Waals surface area contributed by atoms with E-state index in [0.29, 0.717) is 48.5 Å². The SMILES string of the molecule is CN1CCN(c2cc(-c3noc(C4(C)CCCc5sc(N)c(C#N)c54)n3)cc(N3CCN(C(=O)OC(C)(C)C)CC3)c2)CC1. The Morgan fingerprint density at radius 3 is 2.32 bits per heavy atom. The van der Waals surface area contributed by atoms with Gasteiger partial charge in [0, 0.05) is 79.7 Å². The van der Waals surface area contributed by atoms with Gasteiger partial charge in [0.15, 0.2) is 0 Å². The molecule has 0 saturated carbocycles. The lowest BCUT2D eigenvalue weighted by Crippen LogP contribution is -2.50. The number of hydrogen-bond acceptors (Lipinski definition) is 11. The number of carbonyl (C=O) groups excluding carboxylic acids is 1. The number of nitrogens with zero attached hydrogens (tertiary/aromatic N) is 7. The van der Waals surface area contributed by atoms with E-state index in [4.69, 9.17) is 20.0 Å². The first-order valence-electron chi connectivity index (χ1n) is 15.4. The van der Waals surface area contributed by atoms with Gasteiger partial charge in [-0.25, -0.2) is 4.79 Å². The molecule has 234 valence electrons. The molecule has 4 heterocycles. The molecule has 0 radical (unpaired) electrons. The highest BCUT2D eigenvalue weighted by molar-refractivity contribution is 7.16. The van der Waals surface area contributed by atoms with Gasteiger partial charge in [0.05, 0.1) is 11.0 Å². The van der Waals surface area contributed by atoms with Crippen LogP contribution in [0.3, 0.4) is 0 Å². The third-order valence-electron chi connectivity index (χ3n) is 8.98. The summed E-state index contributed by atoms with van der Waals surface area (Å²) in [5.41, 5.74) is 9.70. The van der Waals surface area contributed by atoms with Crippen LogP contribution in [0.4, 0.5) is 21.2 Å². The van der Waals surface area contributed by atoms with E-state index in [-0.39, 0.29) is 6.09 Å². The van der Waals surface area contributed by atoms with Crippen LogP contribution in [0.15, 0.2) is 22.7 Å². The zero-order valence-corrected chi connectivity index (χ0v) is 27.2. The summed E-state index contributed by atoms with van der Waals surface area (Å²) in [5, 5.41) is 15.0. The molecule has 1 aliphatic carbocycles. The van der Waals surface area contributed by atoms with Crippen molar-refractivity contribution in [2.75, 3.05) is 74.9 Å². The topological polar surface area (TPSA) is 128 Å². The van der Waals surface area contributed by atoms with Crippen molar-refractivity contribution in [3.8, 4) is 17.5 Å². The molecule has 0 spiro atoms. The van der Waals surface area contributed by atoms with Crippen molar-refractivity contribution >= 4 is 33.8 Å². The van der Waals surface area contributed by atoms with Crippen molar-refractivity contribution in [1.29, 1.82) is 5.26 Å². The molecule has 2 fully saturated rings.